The second-order valence-corrected chi connectivity index (χ2v) is 7.06. The number of nitrogens with one attached hydrogen (secondary N) is 2. The minimum Gasteiger partial charge on any atom is -0.494 e. The van der Waals surface area contributed by atoms with Crippen molar-refractivity contribution in [3.05, 3.63) is 48.0 Å². The highest BCUT2D eigenvalue weighted by Crippen LogP contribution is 2.30. The molecule has 9 heteroatoms. The van der Waals surface area contributed by atoms with Crippen LogP contribution in [0.2, 0.25) is 0 Å². The van der Waals surface area contributed by atoms with E-state index in [4.69, 9.17) is 14.2 Å². The summed E-state index contributed by atoms with van der Waals surface area (Å²) in [5.74, 6) is 0.506. The van der Waals surface area contributed by atoms with Crippen LogP contribution in [0.3, 0.4) is 0 Å². The van der Waals surface area contributed by atoms with Crippen LogP contribution in [0.5, 0.6) is 17.2 Å². The summed E-state index contributed by atoms with van der Waals surface area (Å²) in [7, 11) is 0. The number of rotatable bonds is 6. The van der Waals surface area contributed by atoms with Gasteiger partial charge in [0.1, 0.15) is 11.8 Å². The van der Waals surface area contributed by atoms with Gasteiger partial charge < -0.3 is 14.2 Å². The van der Waals surface area contributed by atoms with E-state index >= 15 is 0 Å². The second-order valence-electron chi connectivity index (χ2n) is 7.06. The maximum atomic E-state index is 12.7. The van der Waals surface area contributed by atoms with Crippen LogP contribution < -0.4 is 30.0 Å². The molecule has 4 rings (SSSR count). The number of anilines is 1. The SMILES string of the molecule is CCOc1ccc(N2C(=O)CC(NNC(=O)c3ccc4c(c3)OCCCO4)C2=O)cc1. The van der Waals surface area contributed by atoms with Gasteiger partial charge in [0, 0.05) is 12.0 Å². The molecule has 0 bridgehead atoms. The molecule has 162 valence electrons. The fourth-order valence-electron chi connectivity index (χ4n) is 3.40. The van der Waals surface area contributed by atoms with Crippen LogP contribution >= 0.6 is 0 Å². The van der Waals surface area contributed by atoms with Crippen molar-refractivity contribution in [3.63, 3.8) is 0 Å². The molecular weight excluding hydrogens is 402 g/mol. The number of carbonyl (C=O) groups excluding carboxylic acids is 3. The number of ether oxygens (including phenoxy) is 3. The molecule has 0 aliphatic carbocycles. The fraction of sp³-hybridized carbons (Fsp3) is 0.318. The molecule has 3 amide bonds. The molecule has 1 atom stereocenters. The maximum Gasteiger partial charge on any atom is 0.265 e. The number of imide groups is 1. The van der Waals surface area contributed by atoms with Crippen molar-refractivity contribution in [2.45, 2.75) is 25.8 Å². The molecule has 2 aliphatic rings. The highest BCUT2D eigenvalue weighted by molar-refractivity contribution is 6.22. The number of hydrogen-bond acceptors (Lipinski definition) is 7. The molecule has 0 aromatic heterocycles. The van der Waals surface area contributed by atoms with Gasteiger partial charge in [-0.1, -0.05) is 0 Å². The molecule has 1 saturated heterocycles. The third-order valence-corrected chi connectivity index (χ3v) is 4.92. The van der Waals surface area contributed by atoms with E-state index in [2.05, 4.69) is 10.9 Å². The van der Waals surface area contributed by atoms with Crippen molar-refractivity contribution in [2.75, 3.05) is 24.7 Å². The summed E-state index contributed by atoms with van der Waals surface area (Å²) in [6, 6.07) is 10.7. The van der Waals surface area contributed by atoms with E-state index in [9.17, 15) is 14.4 Å². The summed E-state index contributed by atoms with van der Waals surface area (Å²) in [6.07, 6.45) is 0.702. The molecule has 2 N–H and O–H groups in total. The Hall–Kier alpha value is -3.59. The van der Waals surface area contributed by atoms with Gasteiger partial charge in [-0.2, -0.15) is 0 Å². The first-order valence-corrected chi connectivity index (χ1v) is 10.1. The molecule has 0 spiro atoms. The normalized spacial score (nSPS) is 18.0. The Morgan fingerprint density at radius 3 is 2.58 bits per heavy atom. The number of carbonyl (C=O) groups is 3. The zero-order valence-electron chi connectivity index (χ0n) is 17.1. The lowest BCUT2D eigenvalue weighted by atomic mass is 10.2. The molecule has 0 saturated carbocycles. The van der Waals surface area contributed by atoms with Crippen LogP contribution in [-0.4, -0.2) is 43.6 Å². The van der Waals surface area contributed by atoms with Crippen molar-refractivity contribution in [3.8, 4) is 17.2 Å². The minimum absolute atomic E-state index is 0.0620. The average molecular weight is 425 g/mol. The lowest BCUT2D eigenvalue weighted by Crippen LogP contribution is -2.48. The van der Waals surface area contributed by atoms with Crippen LogP contribution in [0.1, 0.15) is 30.1 Å². The first-order chi connectivity index (χ1) is 15.1. The molecule has 2 heterocycles. The average Bonchev–Trinajstić information content (AvgIpc) is 2.93. The number of amides is 3. The number of nitrogens with zero attached hydrogens (tertiary/aromatic N) is 1. The van der Waals surface area contributed by atoms with E-state index < -0.39 is 17.9 Å². The van der Waals surface area contributed by atoms with Gasteiger partial charge in [-0.3, -0.25) is 19.8 Å². The Morgan fingerprint density at radius 2 is 1.84 bits per heavy atom. The number of hydrogen-bond donors (Lipinski definition) is 2. The fourth-order valence-corrected chi connectivity index (χ4v) is 3.40. The standard InChI is InChI=1S/C22H23N3O6/c1-2-29-16-7-5-15(6-8-16)25-20(26)13-17(22(25)28)23-24-21(27)14-4-9-18-19(12-14)31-11-3-10-30-18/h4-9,12,17,23H,2-3,10-11,13H2,1H3,(H,24,27). The van der Waals surface area contributed by atoms with Crippen LogP contribution in [0.15, 0.2) is 42.5 Å². The minimum atomic E-state index is -0.858. The molecule has 1 fully saturated rings. The van der Waals surface area contributed by atoms with Crippen molar-refractivity contribution in [2.24, 2.45) is 0 Å². The molecule has 2 aliphatic heterocycles. The summed E-state index contributed by atoms with van der Waals surface area (Å²) in [5, 5.41) is 0. The van der Waals surface area contributed by atoms with Gasteiger partial charge in [-0.05, 0) is 49.4 Å². The van der Waals surface area contributed by atoms with Gasteiger partial charge in [0.25, 0.3) is 11.8 Å². The summed E-state index contributed by atoms with van der Waals surface area (Å²) >= 11 is 0. The first kappa shape index (κ1) is 20.7. The zero-order valence-corrected chi connectivity index (χ0v) is 17.1. The lowest BCUT2D eigenvalue weighted by molar-refractivity contribution is -0.121. The second kappa shape index (κ2) is 9.05. The van der Waals surface area contributed by atoms with E-state index in [1.807, 2.05) is 6.92 Å². The lowest BCUT2D eigenvalue weighted by Gasteiger charge is -2.16. The number of benzene rings is 2. The van der Waals surface area contributed by atoms with Gasteiger partial charge >= 0.3 is 0 Å². The predicted molar refractivity (Wildman–Crippen MR) is 111 cm³/mol. The van der Waals surface area contributed by atoms with Gasteiger partial charge in [-0.25, -0.2) is 10.3 Å². The van der Waals surface area contributed by atoms with Gasteiger partial charge in [0.05, 0.1) is 31.9 Å². The quantitative estimate of drug-likeness (QED) is 0.537. The Balaban J connectivity index is 1.39. The van der Waals surface area contributed by atoms with Gasteiger partial charge in [0.15, 0.2) is 11.5 Å². The third kappa shape index (κ3) is 4.46. The third-order valence-electron chi connectivity index (χ3n) is 4.92. The first-order valence-electron chi connectivity index (χ1n) is 10.1. The Labute approximate surface area is 179 Å². The Morgan fingerprint density at radius 1 is 1.10 bits per heavy atom. The van der Waals surface area contributed by atoms with Crippen molar-refractivity contribution < 1.29 is 28.6 Å². The van der Waals surface area contributed by atoms with Gasteiger partial charge in [0.2, 0.25) is 5.91 Å². The summed E-state index contributed by atoms with van der Waals surface area (Å²) < 4.78 is 16.5. The summed E-state index contributed by atoms with van der Waals surface area (Å²) in [4.78, 5) is 38.8. The summed E-state index contributed by atoms with van der Waals surface area (Å²) in [5.41, 5.74) is 5.98. The summed E-state index contributed by atoms with van der Waals surface area (Å²) in [6.45, 7) is 3.47. The van der Waals surface area contributed by atoms with Crippen LogP contribution in [0.25, 0.3) is 0 Å². The maximum absolute atomic E-state index is 12.7. The highest BCUT2D eigenvalue weighted by atomic mass is 16.5. The van der Waals surface area contributed by atoms with E-state index in [1.165, 1.54) is 0 Å². The molecule has 1 unspecified atom stereocenters. The molecular formula is C22H23N3O6. The number of fused-ring (bicyclic) bond motifs is 1. The largest absolute Gasteiger partial charge is 0.494 e. The Bertz CT molecular complexity index is 991. The molecule has 2 aromatic rings. The molecule has 31 heavy (non-hydrogen) atoms. The molecule has 9 nitrogen and oxygen atoms in total. The monoisotopic (exact) mass is 425 g/mol. The van der Waals surface area contributed by atoms with Crippen molar-refractivity contribution in [1.82, 2.24) is 10.9 Å². The van der Waals surface area contributed by atoms with Crippen LogP contribution in [0, 0.1) is 0 Å². The van der Waals surface area contributed by atoms with Crippen LogP contribution in [-0.2, 0) is 9.59 Å². The zero-order chi connectivity index (χ0) is 21.8. The van der Waals surface area contributed by atoms with E-state index in [1.54, 1.807) is 42.5 Å². The smallest absolute Gasteiger partial charge is 0.265 e. The molecule has 2 aromatic carbocycles. The van der Waals surface area contributed by atoms with Crippen molar-refractivity contribution >= 4 is 23.4 Å². The van der Waals surface area contributed by atoms with E-state index in [-0.39, 0.29) is 12.3 Å². The predicted octanol–water partition coefficient (Wildman–Crippen LogP) is 1.81. The van der Waals surface area contributed by atoms with Crippen LogP contribution in [0.4, 0.5) is 5.69 Å². The van der Waals surface area contributed by atoms with E-state index in [0.29, 0.717) is 48.3 Å². The topological polar surface area (TPSA) is 106 Å². The highest BCUT2D eigenvalue weighted by Gasteiger charge is 2.39. The number of hydrazine groups is 1. The van der Waals surface area contributed by atoms with Gasteiger partial charge in [-0.15, -0.1) is 0 Å². The molecule has 0 radical (unpaired) electrons. The Kier molecular flexibility index (Phi) is 6.03. The van der Waals surface area contributed by atoms with Crippen molar-refractivity contribution in [1.29, 1.82) is 0 Å². The van der Waals surface area contributed by atoms with E-state index in [0.717, 1.165) is 11.3 Å².